The fraction of sp³-hybridized carbons (Fsp3) is 0.857. The molecule has 1 aliphatic rings. The van der Waals surface area contributed by atoms with E-state index in [0.717, 1.165) is 33.0 Å². The highest BCUT2D eigenvalue weighted by atomic mass is 16.2. The molecule has 60 valence electrons. The van der Waals surface area contributed by atoms with Gasteiger partial charge in [-0.15, -0.1) is 0 Å². The fourth-order valence-corrected chi connectivity index (χ4v) is 1.04. The van der Waals surface area contributed by atoms with Crippen LogP contribution in [0.5, 0.6) is 0 Å². The summed E-state index contributed by atoms with van der Waals surface area (Å²) in [4.78, 5) is 12.6. The fourth-order valence-electron chi connectivity index (χ4n) is 1.04. The monoisotopic (exact) mass is 145 g/mol. The lowest BCUT2D eigenvalue weighted by molar-refractivity contribution is -0.127. The number of amides is 1. The number of carbonyl (C=O) groups excluding carboxylic acids is 1. The van der Waals surface area contributed by atoms with Crippen LogP contribution in [0.25, 0.3) is 0 Å². The van der Waals surface area contributed by atoms with Gasteiger partial charge in [0.1, 0.15) is 0 Å². The van der Waals surface area contributed by atoms with Crippen LogP contribution >= 0.6 is 0 Å². The zero-order valence-electron chi connectivity index (χ0n) is 6.63. The van der Waals surface area contributed by atoms with E-state index in [1.807, 2.05) is 11.8 Å². The Morgan fingerprint density at radius 2 is 2.20 bits per heavy atom. The molecule has 0 aromatic rings. The van der Waals surface area contributed by atoms with Crippen LogP contribution < -0.4 is 0 Å². The summed E-state index contributed by atoms with van der Waals surface area (Å²) in [6, 6.07) is 0. The second-order valence-electron chi connectivity index (χ2n) is 2.08. The van der Waals surface area contributed by atoms with Crippen LogP contribution in [0.1, 0.15) is 19.8 Å². The molecule has 1 aliphatic heterocycles. The van der Waals surface area contributed by atoms with E-state index >= 15 is 0 Å². The number of hydrogen-bond acceptors (Lipinski definition) is 2. The van der Waals surface area contributed by atoms with E-state index in [1.165, 1.54) is 0 Å². The van der Waals surface area contributed by atoms with E-state index in [9.17, 15) is 4.79 Å². The molecule has 1 N–H and O–H groups in total. The van der Waals surface area contributed by atoms with Crippen LogP contribution in [-0.4, -0.2) is 36.1 Å². The average Bonchev–Trinajstić information content (AvgIpc) is 2.39. The molecule has 0 unspecified atom stereocenters. The second kappa shape index (κ2) is 5.23. The van der Waals surface area contributed by atoms with Crippen molar-refractivity contribution < 1.29 is 9.90 Å². The second-order valence-corrected chi connectivity index (χ2v) is 2.08. The van der Waals surface area contributed by atoms with E-state index in [2.05, 4.69) is 0 Å². The summed E-state index contributed by atoms with van der Waals surface area (Å²) in [5, 5.41) is 7.00. The van der Waals surface area contributed by atoms with Crippen LogP contribution in [0, 0.1) is 0 Å². The molecule has 0 bridgehead atoms. The van der Waals surface area contributed by atoms with Crippen LogP contribution in [-0.2, 0) is 4.79 Å². The van der Waals surface area contributed by atoms with Crippen molar-refractivity contribution >= 4 is 5.91 Å². The van der Waals surface area contributed by atoms with Crippen molar-refractivity contribution in [1.82, 2.24) is 4.90 Å². The lowest BCUT2D eigenvalue weighted by atomic mass is 10.4. The summed E-state index contributed by atoms with van der Waals surface area (Å²) < 4.78 is 0. The Kier molecular flexibility index (Phi) is 4.94. The number of nitrogens with zero attached hydrogens (tertiary/aromatic N) is 1. The molecule has 1 amide bonds. The van der Waals surface area contributed by atoms with Gasteiger partial charge in [0.25, 0.3) is 0 Å². The van der Waals surface area contributed by atoms with Crippen LogP contribution in [0.4, 0.5) is 0 Å². The molecule has 1 saturated heterocycles. The Morgan fingerprint density at radius 3 is 2.40 bits per heavy atom. The lowest BCUT2D eigenvalue weighted by Crippen LogP contribution is -2.23. The Hall–Kier alpha value is -0.570. The molecule has 0 aliphatic carbocycles. The van der Waals surface area contributed by atoms with Crippen molar-refractivity contribution in [3.63, 3.8) is 0 Å². The molecule has 0 aromatic carbocycles. The summed E-state index contributed by atoms with van der Waals surface area (Å²) >= 11 is 0. The molecule has 1 fully saturated rings. The minimum Gasteiger partial charge on any atom is -0.400 e. The molecule has 1 rings (SSSR count). The Labute approximate surface area is 61.6 Å². The Balaban J connectivity index is 0.000000371. The van der Waals surface area contributed by atoms with Gasteiger partial charge in [0.2, 0.25) is 5.91 Å². The quantitative estimate of drug-likeness (QED) is 0.574. The van der Waals surface area contributed by atoms with Gasteiger partial charge in [0.15, 0.2) is 0 Å². The van der Waals surface area contributed by atoms with Crippen molar-refractivity contribution in [3.05, 3.63) is 0 Å². The van der Waals surface area contributed by atoms with Gasteiger partial charge in [0, 0.05) is 26.6 Å². The molecule has 0 saturated carbocycles. The zero-order valence-corrected chi connectivity index (χ0v) is 6.63. The molecule has 10 heavy (non-hydrogen) atoms. The summed E-state index contributed by atoms with van der Waals surface area (Å²) in [6.07, 6.45) is 1.83. The van der Waals surface area contributed by atoms with Gasteiger partial charge in [-0.25, -0.2) is 0 Å². The minimum atomic E-state index is 0.326. The van der Waals surface area contributed by atoms with Gasteiger partial charge < -0.3 is 10.0 Å². The third-order valence-corrected chi connectivity index (χ3v) is 1.55. The van der Waals surface area contributed by atoms with Crippen molar-refractivity contribution in [2.45, 2.75) is 19.8 Å². The maximum Gasteiger partial charge on any atom is 0.222 e. The molecule has 1 heterocycles. The molecular weight excluding hydrogens is 130 g/mol. The summed E-state index contributed by atoms with van der Waals surface area (Å²) in [5.41, 5.74) is 0. The first-order chi connectivity index (χ1) is 4.84. The first-order valence-electron chi connectivity index (χ1n) is 3.57. The van der Waals surface area contributed by atoms with Gasteiger partial charge in [-0.1, -0.05) is 0 Å². The lowest BCUT2D eigenvalue weighted by Gasteiger charge is -2.10. The number of hydrogen-bond donors (Lipinski definition) is 1. The SMILES string of the molecule is CCN1CCCC1=O.CO. The largest absolute Gasteiger partial charge is 0.400 e. The Bertz CT molecular complexity index is 104. The smallest absolute Gasteiger partial charge is 0.222 e. The van der Waals surface area contributed by atoms with E-state index in [4.69, 9.17) is 5.11 Å². The van der Waals surface area contributed by atoms with E-state index in [0.29, 0.717) is 5.91 Å². The van der Waals surface area contributed by atoms with Crippen molar-refractivity contribution in [2.24, 2.45) is 0 Å². The van der Waals surface area contributed by atoms with Crippen molar-refractivity contribution in [2.75, 3.05) is 20.2 Å². The third kappa shape index (κ3) is 2.35. The molecule has 3 nitrogen and oxygen atoms in total. The van der Waals surface area contributed by atoms with Gasteiger partial charge in [-0.3, -0.25) is 4.79 Å². The first kappa shape index (κ1) is 9.43. The van der Waals surface area contributed by atoms with Gasteiger partial charge in [0.05, 0.1) is 0 Å². The van der Waals surface area contributed by atoms with Crippen LogP contribution in [0.3, 0.4) is 0 Å². The van der Waals surface area contributed by atoms with Gasteiger partial charge >= 0.3 is 0 Å². The maximum absolute atomic E-state index is 10.7. The molecule has 0 aromatic heterocycles. The first-order valence-corrected chi connectivity index (χ1v) is 3.57. The molecule has 0 atom stereocenters. The number of likely N-dealkylation sites (tertiary alicyclic amines) is 1. The highest BCUT2D eigenvalue weighted by Gasteiger charge is 2.16. The highest BCUT2D eigenvalue weighted by Crippen LogP contribution is 2.07. The summed E-state index contributed by atoms with van der Waals surface area (Å²) in [5.74, 6) is 0.326. The Morgan fingerprint density at radius 1 is 1.60 bits per heavy atom. The summed E-state index contributed by atoms with van der Waals surface area (Å²) in [7, 11) is 1.00. The van der Waals surface area contributed by atoms with E-state index < -0.39 is 0 Å². The number of aliphatic hydroxyl groups excluding tert-OH is 1. The third-order valence-electron chi connectivity index (χ3n) is 1.55. The van der Waals surface area contributed by atoms with E-state index in [-0.39, 0.29) is 0 Å². The highest BCUT2D eigenvalue weighted by molar-refractivity contribution is 5.77. The predicted molar refractivity (Wildman–Crippen MR) is 39.6 cm³/mol. The minimum absolute atomic E-state index is 0.326. The predicted octanol–water partition coefficient (Wildman–Crippen LogP) is 0.237. The molecule has 0 radical (unpaired) electrons. The van der Waals surface area contributed by atoms with Crippen molar-refractivity contribution in [3.8, 4) is 0 Å². The van der Waals surface area contributed by atoms with Crippen molar-refractivity contribution in [1.29, 1.82) is 0 Å². The van der Waals surface area contributed by atoms with E-state index in [1.54, 1.807) is 0 Å². The molecule has 3 heteroatoms. The van der Waals surface area contributed by atoms with Crippen LogP contribution in [0.15, 0.2) is 0 Å². The zero-order chi connectivity index (χ0) is 7.98. The average molecular weight is 145 g/mol. The van der Waals surface area contributed by atoms with Crippen LogP contribution in [0.2, 0.25) is 0 Å². The molecule has 0 spiro atoms. The van der Waals surface area contributed by atoms with Gasteiger partial charge in [-0.2, -0.15) is 0 Å². The number of aliphatic hydroxyl groups is 1. The maximum atomic E-state index is 10.7. The number of carbonyl (C=O) groups is 1. The normalized spacial score (nSPS) is 16.7. The standard InChI is InChI=1S/C6H11NO.CH4O/c1-2-7-5-3-4-6(7)8;1-2/h2-5H2,1H3;2H,1H3. The topological polar surface area (TPSA) is 40.5 Å². The number of rotatable bonds is 1. The molecular formula is C7H15NO2. The summed E-state index contributed by atoms with van der Waals surface area (Å²) in [6.45, 7) is 3.89. The van der Waals surface area contributed by atoms with Gasteiger partial charge in [-0.05, 0) is 13.3 Å².